The van der Waals surface area contributed by atoms with Gasteiger partial charge in [-0.15, -0.1) is 0 Å². The van der Waals surface area contributed by atoms with Crippen molar-refractivity contribution in [1.82, 2.24) is 0 Å². The van der Waals surface area contributed by atoms with Crippen LogP contribution in [0.25, 0.3) is 0 Å². The smallest absolute Gasteiger partial charge is 0.136 e. The second kappa shape index (κ2) is 5.55. The molecule has 0 aromatic heterocycles. The number of methoxy groups -OCH3 is 1. The van der Waals surface area contributed by atoms with E-state index >= 15 is 0 Å². The molecule has 0 bridgehead atoms. The summed E-state index contributed by atoms with van der Waals surface area (Å²) in [6, 6.07) is 8.14. The number of carbonyl (C=O) groups excluding carboxylic acids is 1. The molecule has 1 aromatic carbocycles. The summed E-state index contributed by atoms with van der Waals surface area (Å²) in [7, 11) is 1.67. The third-order valence-corrected chi connectivity index (χ3v) is 4.03. The molecule has 0 radical (unpaired) electrons. The van der Waals surface area contributed by atoms with Crippen molar-refractivity contribution < 1.29 is 9.53 Å². The minimum Gasteiger partial charge on any atom is -0.497 e. The molecular formula is C16H22O2. The molecule has 0 spiro atoms. The van der Waals surface area contributed by atoms with Gasteiger partial charge >= 0.3 is 0 Å². The summed E-state index contributed by atoms with van der Waals surface area (Å²) < 4.78 is 5.16. The largest absolute Gasteiger partial charge is 0.497 e. The molecule has 0 saturated heterocycles. The lowest BCUT2D eigenvalue weighted by molar-refractivity contribution is -0.120. The lowest BCUT2D eigenvalue weighted by Crippen LogP contribution is -2.02. The van der Waals surface area contributed by atoms with Crippen LogP contribution in [0.3, 0.4) is 0 Å². The predicted molar refractivity (Wildman–Crippen MR) is 72.9 cm³/mol. The molecule has 1 aliphatic rings. The number of rotatable bonds is 6. The summed E-state index contributed by atoms with van der Waals surface area (Å²) in [5, 5.41) is 0. The zero-order chi connectivity index (χ0) is 13.1. The van der Waals surface area contributed by atoms with E-state index in [4.69, 9.17) is 4.74 Å². The second-order valence-electron chi connectivity index (χ2n) is 5.25. The molecule has 1 aliphatic carbocycles. The fourth-order valence-electron chi connectivity index (χ4n) is 2.81. The average Bonchev–Trinajstić information content (AvgIpc) is 3.07. The third-order valence-electron chi connectivity index (χ3n) is 4.03. The van der Waals surface area contributed by atoms with Crippen LogP contribution in [0.1, 0.15) is 44.6 Å². The Kier molecular flexibility index (Phi) is 4.05. The lowest BCUT2D eigenvalue weighted by atomic mass is 10.0. The van der Waals surface area contributed by atoms with E-state index in [1.807, 2.05) is 12.1 Å². The van der Waals surface area contributed by atoms with Gasteiger partial charge in [0.25, 0.3) is 0 Å². The SMILES string of the molecule is CCCCC(=O)C1C(C)C1c1ccc(OC)cc1. The minimum atomic E-state index is 0.255. The molecule has 18 heavy (non-hydrogen) atoms. The summed E-state index contributed by atoms with van der Waals surface area (Å²) in [5.74, 6) is 2.51. The first-order valence-electron chi connectivity index (χ1n) is 6.85. The van der Waals surface area contributed by atoms with E-state index in [1.165, 1.54) is 5.56 Å². The van der Waals surface area contributed by atoms with E-state index in [9.17, 15) is 4.79 Å². The third kappa shape index (κ3) is 2.58. The number of Topliss-reactive ketones (excluding diaryl/α,β-unsaturated/α-hetero) is 1. The summed E-state index contributed by atoms with van der Waals surface area (Å²) in [4.78, 5) is 12.1. The normalized spacial score (nSPS) is 25.8. The Morgan fingerprint density at radius 2 is 1.94 bits per heavy atom. The Morgan fingerprint density at radius 1 is 1.28 bits per heavy atom. The molecule has 0 aliphatic heterocycles. The van der Waals surface area contributed by atoms with Crippen LogP contribution in [0.15, 0.2) is 24.3 Å². The Morgan fingerprint density at radius 3 is 2.50 bits per heavy atom. The van der Waals surface area contributed by atoms with Gasteiger partial charge in [0.1, 0.15) is 11.5 Å². The van der Waals surface area contributed by atoms with E-state index in [0.29, 0.717) is 17.6 Å². The van der Waals surface area contributed by atoms with E-state index in [1.54, 1.807) is 7.11 Å². The van der Waals surface area contributed by atoms with Crippen molar-refractivity contribution in [2.75, 3.05) is 7.11 Å². The van der Waals surface area contributed by atoms with E-state index in [2.05, 4.69) is 26.0 Å². The first-order valence-corrected chi connectivity index (χ1v) is 6.85. The Labute approximate surface area is 109 Å². The molecule has 1 fully saturated rings. The molecule has 3 unspecified atom stereocenters. The summed E-state index contributed by atoms with van der Waals surface area (Å²) in [5.41, 5.74) is 1.28. The molecular weight excluding hydrogens is 224 g/mol. The molecule has 0 N–H and O–H groups in total. The van der Waals surface area contributed by atoms with Gasteiger partial charge in [-0.3, -0.25) is 4.79 Å². The van der Waals surface area contributed by atoms with Crippen molar-refractivity contribution >= 4 is 5.78 Å². The number of unbranched alkanes of at least 4 members (excludes halogenated alkanes) is 1. The molecule has 2 nitrogen and oxygen atoms in total. The Hall–Kier alpha value is -1.31. The predicted octanol–water partition coefficient (Wildman–Crippen LogP) is 3.80. The number of ketones is 1. The molecule has 3 atom stereocenters. The Bertz CT molecular complexity index is 408. The summed E-state index contributed by atoms with van der Waals surface area (Å²) in [6.07, 6.45) is 2.87. The highest BCUT2D eigenvalue weighted by atomic mass is 16.5. The monoisotopic (exact) mass is 246 g/mol. The molecule has 1 aromatic rings. The van der Waals surface area contributed by atoms with E-state index < -0.39 is 0 Å². The maximum atomic E-state index is 12.1. The highest BCUT2D eigenvalue weighted by molar-refractivity contribution is 5.85. The van der Waals surface area contributed by atoms with E-state index in [0.717, 1.165) is 25.0 Å². The number of carbonyl (C=O) groups is 1. The van der Waals surface area contributed by atoms with Gasteiger partial charge in [0.2, 0.25) is 0 Å². The van der Waals surface area contributed by atoms with Crippen LogP contribution in [0.2, 0.25) is 0 Å². The first kappa shape index (κ1) is 13.1. The maximum absolute atomic E-state index is 12.1. The van der Waals surface area contributed by atoms with Gasteiger partial charge in [0, 0.05) is 12.3 Å². The first-order chi connectivity index (χ1) is 8.69. The van der Waals surface area contributed by atoms with Crippen molar-refractivity contribution in [3.05, 3.63) is 29.8 Å². The van der Waals surface area contributed by atoms with Crippen LogP contribution in [0.4, 0.5) is 0 Å². The van der Waals surface area contributed by atoms with Crippen molar-refractivity contribution in [3.63, 3.8) is 0 Å². The van der Waals surface area contributed by atoms with Crippen LogP contribution in [0, 0.1) is 11.8 Å². The quantitative estimate of drug-likeness (QED) is 0.763. The molecule has 0 amide bonds. The van der Waals surface area contributed by atoms with Gasteiger partial charge < -0.3 is 4.74 Å². The Balaban J connectivity index is 2.00. The number of hydrogen-bond donors (Lipinski definition) is 0. The summed E-state index contributed by atoms with van der Waals surface area (Å²) >= 11 is 0. The molecule has 98 valence electrons. The van der Waals surface area contributed by atoms with Gasteiger partial charge in [-0.25, -0.2) is 0 Å². The lowest BCUT2D eigenvalue weighted by Gasteiger charge is -2.03. The van der Waals surface area contributed by atoms with Gasteiger partial charge in [0.05, 0.1) is 7.11 Å². The van der Waals surface area contributed by atoms with Crippen molar-refractivity contribution in [1.29, 1.82) is 0 Å². The molecule has 1 saturated carbocycles. The molecule has 2 rings (SSSR count). The molecule has 0 heterocycles. The molecule has 2 heteroatoms. The fraction of sp³-hybridized carbons (Fsp3) is 0.562. The van der Waals surface area contributed by atoms with Gasteiger partial charge in [-0.1, -0.05) is 32.4 Å². The average molecular weight is 246 g/mol. The highest BCUT2D eigenvalue weighted by Crippen LogP contribution is 2.54. The summed E-state index contributed by atoms with van der Waals surface area (Å²) in [6.45, 7) is 4.31. The minimum absolute atomic E-state index is 0.255. The van der Waals surface area contributed by atoms with Crippen LogP contribution < -0.4 is 4.74 Å². The fourth-order valence-corrected chi connectivity index (χ4v) is 2.81. The topological polar surface area (TPSA) is 26.3 Å². The van der Waals surface area contributed by atoms with Crippen molar-refractivity contribution in [3.8, 4) is 5.75 Å². The zero-order valence-corrected chi connectivity index (χ0v) is 11.5. The van der Waals surface area contributed by atoms with Crippen molar-refractivity contribution in [2.45, 2.75) is 39.0 Å². The second-order valence-corrected chi connectivity index (χ2v) is 5.25. The van der Waals surface area contributed by atoms with Gasteiger partial charge in [-0.05, 0) is 36.0 Å². The van der Waals surface area contributed by atoms with Gasteiger partial charge in [-0.2, -0.15) is 0 Å². The number of ether oxygens (including phenoxy) is 1. The van der Waals surface area contributed by atoms with Crippen LogP contribution in [0.5, 0.6) is 5.75 Å². The number of benzene rings is 1. The number of hydrogen-bond acceptors (Lipinski definition) is 2. The van der Waals surface area contributed by atoms with Crippen LogP contribution in [-0.2, 0) is 4.79 Å². The van der Waals surface area contributed by atoms with Gasteiger partial charge in [0.15, 0.2) is 0 Å². The van der Waals surface area contributed by atoms with Crippen LogP contribution in [-0.4, -0.2) is 12.9 Å². The standard InChI is InChI=1S/C16H22O2/c1-4-5-6-14(17)16-11(2)15(16)12-7-9-13(18-3)10-8-12/h7-11,15-16H,4-6H2,1-3H3. The van der Waals surface area contributed by atoms with Crippen molar-refractivity contribution in [2.24, 2.45) is 11.8 Å². The van der Waals surface area contributed by atoms with Crippen LogP contribution >= 0.6 is 0 Å². The maximum Gasteiger partial charge on any atom is 0.136 e. The zero-order valence-electron chi connectivity index (χ0n) is 11.5. The van der Waals surface area contributed by atoms with E-state index in [-0.39, 0.29) is 5.92 Å². The highest BCUT2D eigenvalue weighted by Gasteiger charge is 2.51.